The third-order valence-electron chi connectivity index (χ3n) is 4.40. The summed E-state index contributed by atoms with van der Waals surface area (Å²) in [5.41, 5.74) is -1.18. The summed E-state index contributed by atoms with van der Waals surface area (Å²) in [7, 11) is -3.99. The molecule has 2 rings (SSSR count). The zero-order chi connectivity index (χ0) is 20.6. The molecule has 10 heteroatoms. The fourth-order valence-corrected chi connectivity index (χ4v) is 3.36. The van der Waals surface area contributed by atoms with Gasteiger partial charge in [-0.15, -0.1) is 0 Å². The van der Waals surface area contributed by atoms with Crippen molar-refractivity contribution in [3.8, 4) is 11.1 Å². The number of nitrogens with zero attached hydrogens (tertiary/aromatic N) is 1. The molecule has 0 unspecified atom stereocenters. The lowest BCUT2D eigenvalue weighted by molar-refractivity contribution is -0.139. The van der Waals surface area contributed by atoms with Gasteiger partial charge in [-0.2, -0.15) is 0 Å². The number of halogens is 3. The summed E-state index contributed by atoms with van der Waals surface area (Å²) in [6.45, 7) is 0.665. The van der Waals surface area contributed by atoms with Gasteiger partial charge in [-0.3, -0.25) is 9.59 Å². The Labute approximate surface area is 158 Å². The summed E-state index contributed by atoms with van der Waals surface area (Å²) in [6, 6.07) is 4.41. The normalized spacial score (nSPS) is 14.0. The van der Waals surface area contributed by atoms with Crippen LogP contribution in [0.3, 0.4) is 0 Å². The molecular weight excluding hydrogens is 404 g/mol. The molecule has 0 spiro atoms. The van der Waals surface area contributed by atoms with E-state index in [0.29, 0.717) is 0 Å². The first-order valence-corrected chi connectivity index (χ1v) is 9.92. The Balaban J connectivity index is 2.40. The molecule has 146 valence electrons. The van der Waals surface area contributed by atoms with Crippen LogP contribution < -0.4 is 5.56 Å². The Kier molecular flexibility index (Phi) is 5.77. The number of aryl methyl sites for hydroxylation is 1. The van der Waals surface area contributed by atoms with E-state index in [1.54, 1.807) is 0 Å². The summed E-state index contributed by atoms with van der Waals surface area (Å²) >= 11 is 5.65. The minimum absolute atomic E-state index is 0.110. The molecule has 6 nitrogen and oxygen atoms in total. The highest BCUT2D eigenvalue weighted by atomic mass is 35.5. The van der Waals surface area contributed by atoms with Crippen LogP contribution in [0, 0.1) is 11.6 Å². The van der Waals surface area contributed by atoms with Gasteiger partial charge in [0.15, 0.2) is 14.6 Å². The van der Waals surface area contributed by atoms with Crippen molar-refractivity contribution >= 4 is 27.4 Å². The summed E-state index contributed by atoms with van der Waals surface area (Å²) < 4.78 is 50.7. The largest absolute Gasteiger partial charge is 0.480 e. The zero-order valence-electron chi connectivity index (χ0n) is 14.4. The van der Waals surface area contributed by atoms with Crippen LogP contribution in [-0.4, -0.2) is 35.1 Å². The molecule has 1 aromatic heterocycles. The molecule has 0 radical (unpaired) electrons. The molecule has 0 fully saturated rings. The molecule has 0 amide bonds. The number of carboxylic acid groups (broad SMARTS) is 1. The number of sulfone groups is 1. The fraction of sp³-hybridized carbons (Fsp3) is 0.294. The Hall–Kier alpha value is -2.26. The van der Waals surface area contributed by atoms with Gasteiger partial charge < -0.3 is 9.67 Å². The van der Waals surface area contributed by atoms with Crippen LogP contribution in [0.15, 0.2) is 35.3 Å². The Morgan fingerprint density at radius 3 is 2.37 bits per heavy atom. The van der Waals surface area contributed by atoms with Crippen molar-refractivity contribution in [3.63, 3.8) is 0 Å². The van der Waals surface area contributed by atoms with Crippen LogP contribution in [0.5, 0.6) is 0 Å². The van der Waals surface area contributed by atoms with Crippen molar-refractivity contribution in [2.24, 2.45) is 0 Å². The van der Waals surface area contributed by atoms with Crippen LogP contribution in [0.25, 0.3) is 11.1 Å². The van der Waals surface area contributed by atoms with Gasteiger partial charge >= 0.3 is 5.97 Å². The standard InChI is InChI=1S/C17H16ClF2NO5S/c1-17(16(23)24,27(2,25)26)5-6-21-9-14(20)12(8-15(21)22)11-4-3-10(18)7-13(11)19/h3-4,7-9H,5-6H2,1-2H3,(H,23,24)/t17-/m1/s1. The maximum absolute atomic E-state index is 14.4. The molecule has 0 aliphatic rings. The van der Waals surface area contributed by atoms with E-state index in [4.69, 9.17) is 11.6 Å². The van der Waals surface area contributed by atoms with E-state index < -0.39 is 44.2 Å². The number of carbonyl (C=O) groups is 1. The number of pyridine rings is 1. The predicted molar refractivity (Wildman–Crippen MR) is 96.6 cm³/mol. The second-order valence-electron chi connectivity index (χ2n) is 6.25. The molecule has 0 bridgehead atoms. The number of rotatable bonds is 6. The number of aliphatic carboxylic acids is 1. The first-order chi connectivity index (χ1) is 12.4. The van der Waals surface area contributed by atoms with Gasteiger partial charge in [-0.1, -0.05) is 11.6 Å². The van der Waals surface area contributed by atoms with Crippen molar-refractivity contribution in [2.45, 2.75) is 24.6 Å². The second-order valence-corrected chi connectivity index (χ2v) is 9.13. The highest BCUT2D eigenvalue weighted by Gasteiger charge is 2.43. The lowest BCUT2D eigenvalue weighted by Gasteiger charge is -2.23. The molecule has 27 heavy (non-hydrogen) atoms. The van der Waals surface area contributed by atoms with Gasteiger partial charge in [0, 0.05) is 41.2 Å². The first kappa shape index (κ1) is 21.0. The van der Waals surface area contributed by atoms with Gasteiger partial charge in [-0.05, 0) is 31.5 Å². The molecule has 1 N–H and O–H groups in total. The summed E-state index contributed by atoms with van der Waals surface area (Å²) in [5.74, 6) is -3.31. The second kappa shape index (κ2) is 7.40. The van der Waals surface area contributed by atoms with Crippen LogP contribution in [0.4, 0.5) is 8.78 Å². The number of benzene rings is 1. The first-order valence-electron chi connectivity index (χ1n) is 7.65. The van der Waals surface area contributed by atoms with Gasteiger partial charge in [0.25, 0.3) is 5.56 Å². The third kappa shape index (κ3) is 4.19. The van der Waals surface area contributed by atoms with Gasteiger partial charge in [0.1, 0.15) is 11.6 Å². The number of aromatic nitrogens is 1. The summed E-state index contributed by atoms with van der Waals surface area (Å²) in [4.78, 5) is 23.6. The molecule has 1 heterocycles. The summed E-state index contributed by atoms with van der Waals surface area (Å²) in [6.07, 6.45) is 1.11. The van der Waals surface area contributed by atoms with Crippen molar-refractivity contribution in [1.29, 1.82) is 0 Å². The van der Waals surface area contributed by atoms with Crippen LogP contribution in [0.1, 0.15) is 13.3 Å². The molecule has 0 aliphatic heterocycles. The van der Waals surface area contributed by atoms with E-state index in [-0.39, 0.29) is 22.7 Å². The quantitative estimate of drug-likeness (QED) is 0.777. The lowest BCUT2D eigenvalue weighted by Crippen LogP contribution is -2.44. The van der Waals surface area contributed by atoms with E-state index in [1.807, 2.05) is 0 Å². The topological polar surface area (TPSA) is 93.4 Å². The Morgan fingerprint density at radius 2 is 1.85 bits per heavy atom. The van der Waals surface area contributed by atoms with E-state index in [1.165, 1.54) is 12.1 Å². The van der Waals surface area contributed by atoms with Crippen LogP contribution in [-0.2, 0) is 21.2 Å². The smallest absolute Gasteiger partial charge is 0.324 e. The molecule has 1 aromatic carbocycles. The van der Waals surface area contributed by atoms with E-state index in [9.17, 15) is 31.9 Å². The Morgan fingerprint density at radius 1 is 1.22 bits per heavy atom. The van der Waals surface area contributed by atoms with Crippen LogP contribution >= 0.6 is 11.6 Å². The fourth-order valence-electron chi connectivity index (χ4n) is 2.42. The van der Waals surface area contributed by atoms with E-state index >= 15 is 0 Å². The van der Waals surface area contributed by atoms with Crippen LogP contribution in [0.2, 0.25) is 5.02 Å². The monoisotopic (exact) mass is 419 g/mol. The van der Waals surface area contributed by atoms with E-state index in [0.717, 1.165) is 36.1 Å². The third-order valence-corrected chi connectivity index (χ3v) is 6.65. The summed E-state index contributed by atoms with van der Waals surface area (Å²) in [5, 5.41) is 9.33. The molecule has 2 aromatic rings. The highest BCUT2D eigenvalue weighted by molar-refractivity contribution is 7.92. The Bertz CT molecular complexity index is 1070. The maximum Gasteiger partial charge on any atom is 0.324 e. The van der Waals surface area contributed by atoms with Gasteiger partial charge in [0.05, 0.1) is 0 Å². The lowest BCUT2D eigenvalue weighted by atomic mass is 10.1. The molecule has 0 saturated heterocycles. The molecule has 0 aliphatic carbocycles. The van der Waals surface area contributed by atoms with Crippen molar-refractivity contribution in [2.75, 3.05) is 6.26 Å². The maximum atomic E-state index is 14.4. The van der Waals surface area contributed by atoms with Crippen molar-refractivity contribution in [1.82, 2.24) is 4.57 Å². The van der Waals surface area contributed by atoms with Crippen molar-refractivity contribution in [3.05, 3.63) is 57.5 Å². The average molecular weight is 420 g/mol. The number of hydrogen-bond donors (Lipinski definition) is 1. The van der Waals surface area contributed by atoms with Gasteiger partial charge in [0.2, 0.25) is 0 Å². The minimum Gasteiger partial charge on any atom is -0.480 e. The molecule has 0 saturated carbocycles. The zero-order valence-corrected chi connectivity index (χ0v) is 15.9. The molecular formula is C17H16ClF2NO5S. The number of carboxylic acids is 1. The van der Waals surface area contributed by atoms with E-state index in [2.05, 4.69) is 0 Å². The highest BCUT2D eigenvalue weighted by Crippen LogP contribution is 2.27. The number of hydrogen-bond acceptors (Lipinski definition) is 4. The van der Waals surface area contributed by atoms with Crippen molar-refractivity contribution < 1.29 is 27.1 Å². The SMILES string of the molecule is C[C@@](CCn1cc(F)c(-c2ccc(Cl)cc2F)cc1=O)(C(=O)O)S(C)(=O)=O. The van der Waals surface area contributed by atoms with Gasteiger partial charge in [-0.25, -0.2) is 17.2 Å². The minimum atomic E-state index is -3.99. The average Bonchev–Trinajstić information content (AvgIpc) is 2.54. The predicted octanol–water partition coefficient (Wildman–Crippen LogP) is 2.72. The molecule has 1 atom stereocenters.